The first-order chi connectivity index (χ1) is 8.14. The van der Waals surface area contributed by atoms with Crippen LogP contribution in [0.4, 0.5) is 0 Å². The van der Waals surface area contributed by atoms with Crippen LogP contribution in [0.2, 0.25) is 0 Å². The molecule has 0 aromatic rings. The van der Waals surface area contributed by atoms with Crippen molar-refractivity contribution < 1.29 is 13.2 Å². The van der Waals surface area contributed by atoms with Gasteiger partial charge in [0.15, 0.2) is 0 Å². The molecule has 1 heterocycles. The average molecular weight is 265 g/mol. The summed E-state index contributed by atoms with van der Waals surface area (Å²) >= 11 is 0. The highest BCUT2D eigenvalue weighted by Gasteiger charge is 2.12. The Morgan fingerprint density at radius 3 is 2.71 bits per heavy atom. The van der Waals surface area contributed by atoms with E-state index in [0.29, 0.717) is 19.6 Å². The number of nitrogens with one attached hydrogen (secondary N) is 2. The van der Waals surface area contributed by atoms with Crippen molar-refractivity contribution in [3.63, 3.8) is 0 Å². The lowest BCUT2D eigenvalue weighted by Crippen LogP contribution is -2.46. The number of hydrogen-bond acceptors (Lipinski definition) is 5. The summed E-state index contributed by atoms with van der Waals surface area (Å²) in [5, 5.41) is 3.26. The number of sulfonamides is 1. The van der Waals surface area contributed by atoms with E-state index >= 15 is 0 Å². The van der Waals surface area contributed by atoms with Crippen LogP contribution in [0.3, 0.4) is 0 Å². The fraction of sp³-hybridized carbons (Fsp3) is 1.00. The molecule has 0 aromatic carbocycles. The summed E-state index contributed by atoms with van der Waals surface area (Å²) in [6, 6.07) is 0. The van der Waals surface area contributed by atoms with E-state index in [9.17, 15) is 8.42 Å². The van der Waals surface area contributed by atoms with E-state index in [1.165, 1.54) is 0 Å². The minimum atomic E-state index is -3.13. The molecule has 2 N–H and O–H groups in total. The van der Waals surface area contributed by atoms with Gasteiger partial charge in [0, 0.05) is 53.0 Å². The lowest BCUT2D eigenvalue weighted by molar-refractivity contribution is 0.199. The van der Waals surface area contributed by atoms with Gasteiger partial charge in [0.2, 0.25) is 10.0 Å². The zero-order valence-electron chi connectivity index (χ0n) is 10.4. The molecule has 1 saturated heterocycles. The number of methoxy groups -OCH3 is 1. The number of rotatable bonds is 8. The van der Waals surface area contributed by atoms with Crippen LogP contribution in [0.5, 0.6) is 0 Å². The second kappa shape index (κ2) is 7.99. The van der Waals surface area contributed by atoms with Crippen LogP contribution in [0, 0.1) is 0 Å². The molecule has 0 atom stereocenters. The summed E-state index contributed by atoms with van der Waals surface area (Å²) in [4.78, 5) is 2.26. The molecule has 0 saturated carbocycles. The Labute approximate surface area is 104 Å². The summed E-state index contributed by atoms with van der Waals surface area (Å²) in [5.41, 5.74) is 0. The Hall–Kier alpha value is -0.210. The van der Waals surface area contributed by atoms with Crippen LogP contribution in [0.15, 0.2) is 0 Å². The molecule has 1 aliphatic rings. The van der Waals surface area contributed by atoms with Crippen molar-refractivity contribution in [1.29, 1.82) is 0 Å². The van der Waals surface area contributed by atoms with Gasteiger partial charge in [-0.2, -0.15) is 0 Å². The topological polar surface area (TPSA) is 70.7 Å². The van der Waals surface area contributed by atoms with Crippen molar-refractivity contribution in [2.45, 2.75) is 6.42 Å². The fourth-order valence-electron chi connectivity index (χ4n) is 1.76. The first-order valence-electron chi connectivity index (χ1n) is 6.03. The number of nitrogens with zero attached hydrogens (tertiary/aromatic N) is 1. The molecule has 0 unspecified atom stereocenters. The van der Waals surface area contributed by atoms with Gasteiger partial charge < -0.3 is 10.1 Å². The largest absolute Gasteiger partial charge is 0.385 e. The van der Waals surface area contributed by atoms with E-state index in [4.69, 9.17) is 4.74 Å². The minimum Gasteiger partial charge on any atom is -0.385 e. The van der Waals surface area contributed by atoms with Gasteiger partial charge in [-0.3, -0.25) is 4.90 Å². The summed E-state index contributed by atoms with van der Waals surface area (Å²) in [7, 11) is -1.55. The average Bonchev–Trinajstić information content (AvgIpc) is 2.30. The summed E-state index contributed by atoms with van der Waals surface area (Å²) in [5.74, 6) is 0.141. The van der Waals surface area contributed by atoms with Gasteiger partial charge in [-0.15, -0.1) is 0 Å². The molecule has 0 bridgehead atoms. The zero-order chi connectivity index (χ0) is 12.6. The number of hydrogen-bond donors (Lipinski definition) is 2. The standard InChI is InChI=1S/C10H23N3O3S/c1-16-9-2-10-17(14,15)12-5-8-13-6-3-11-4-7-13/h11-12H,2-10H2,1H3. The lowest BCUT2D eigenvalue weighted by atomic mass is 10.3. The summed E-state index contributed by atoms with van der Waals surface area (Å²) in [6.45, 7) is 5.72. The Bertz CT molecular complexity index is 289. The quantitative estimate of drug-likeness (QED) is 0.542. The van der Waals surface area contributed by atoms with Gasteiger partial charge >= 0.3 is 0 Å². The van der Waals surface area contributed by atoms with Crippen molar-refractivity contribution in [3.05, 3.63) is 0 Å². The minimum absolute atomic E-state index is 0.141. The predicted molar refractivity (Wildman–Crippen MR) is 67.6 cm³/mol. The maximum Gasteiger partial charge on any atom is 0.211 e. The first kappa shape index (κ1) is 14.8. The highest BCUT2D eigenvalue weighted by molar-refractivity contribution is 7.89. The maximum atomic E-state index is 11.5. The van der Waals surface area contributed by atoms with Gasteiger partial charge in [-0.25, -0.2) is 13.1 Å². The Morgan fingerprint density at radius 1 is 1.35 bits per heavy atom. The molecule has 0 radical (unpaired) electrons. The normalized spacial score (nSPS) is 18.4. The maximum absolute atomic E-state index is 11.5. The molecule has 7 heteroatoms. The van der Waals surface area contributed by atoms with E-state index < -0.39 is 10.0 Å². The van der Waals surface area contributed by atoms with Crippen LogP contribution in [-0.2, 0) is 14.8 Å². The van der Waals surface area contributed by atoms with Crippen molar-refractivity contribution in [2.75, 3.05) is 58.7 Å². The van der Waals surface area contributed by atoms with E-state index in [1.54, 1.807) is 7.11 Å². The monoisotopic (exact) mass is 265 g/mol. The fourth-order valence-corrected chi connectivity index (χ4v) is 2.80. The van der Waals surface area contributed by atoms with Crippen molar-refractivity contribution in [3.8, 4) is 0 Å². The van der Waals surface area contributed by atoms with E-state index in [1.807, 2.05) is 0 Å². The van der Waals surface area contributed by atoms with E-state index in [0.717, 1.165) is 32.7 Å². The smallest absolute Gasteiger partial charge is 0.211 e. The Morgan fingerprint density at radius 2 is 2.06 bits per heavy atom. The molecule has 102 valence electrons. The van der Waals surface area contributed by atoms with E-state index in [2.05, 4.69) is 14.9 Å². The van der Waals surface area contributed by atoms with Gasteiger partial charge in [0.05, 0.1) is 5.75 Å². The molecule has 0 aromatic heterocycles. The van der Waals surface area contributed by atoms with Crippen LogP contribution < -0.4 is 10.0 Å². The molecule has 6 nitrogen and oxygen atoms in total. The van der Waals surface area contributed by atoms with Crippen molar-refractivity contribution >= 4 is 10.0 Å². The third-order valence-corrected chi connectivity index (χ3v) is 4.19. The van der Waals surface area contributed by atoms with Crippen molar-refractivity contribution in [2.24, 2.45) is 0 Å². The second-order valence-electron chi connectivity index (χ2n) is 4.15. The van der Waals surface area contributed by atoms with Gasteiger partial charge in [0.1, 0.15) is 0 Å². The SMILES string of the molecule is COCCCS(=O)(=O)NCCN1CCNCC1. The highest BCUT2D eigenvalue weighted by atomic mass is 32.2. The molecule has 1 fully saturated rings. The number of ether oxygens (including phenoxy) is 1. The van der Waals surface area contributed by atoms with Gasteiger partial charge in [0.25, 0.3) is 0 Å². The zero-order valence-corrected chi connectivity index (χ0v) is 11.3. The molecule has 0 amide bonds. The number of piperazine rings is 1. The Kier molecular flexibility index (Phi) is 6.98. The molecule has 1 rings (SSSR count). The van der Waals surface area contributed by atoms with Crippen molar-refractivity contribution in [1.82, 2.24) is 14.9 Å². The molecular weight excluding hydrogens is 242 g/mol. The third kappa shape index (κ3) is 6.95. The van der Waals surface area contributed by atoms with Crippen LogP contribution >= 0.6 is 0 Å². The molecule has 1 aliphatic heterocycles. The van der Waals surface area contributed by atoms with Gasteiger partial charge in [-0.05, 0) is 6.42 Å². The summed E-state index contributed by atoms with van der Waals surface area (Å²) < 4.78 is 30.5. The highest BCUT2D eigenvalue weighted by Crippen LogP contribution is 1.93. The second-order valence-corrected chi connectivity index (χ2v) is 6.08. The molecule has 17 heavy (non-hydrogen) atoms. The van der Waals surface area contributed by atoms with E-state index in [-0.39, 0.29) is 5.75 Å². The molecule has 0 aliphatic carbocycles. The van der Waals surface area contributed by atoms with Crippen LogP contribution in [0.1, 0.15) is 6.42 Å². The predicted octanol–water partition coefficient (Wildman–Crippen LogP) is -1.15. The molecular formula is C10H23N3O3S. The Balaban J connectivity index is 2.11. The van der Waals surface area contributed by atoms with Crippen LogP contribution in [0.25, 0.3) is 0 Å². The molecule has 0 spiro atoms. The third-order valence-electron chi connectivity index (χ3n) is 2.72. The van der Waals surface area contributed by atoms with Gasteiger partial charge in [-0.1, -0.05) is 0 Å². The summed E-state index contributed by atoms with van der Waals surface area (Å²) in [6.07, 6.45) is 0.541. The van der Waals surface area contributed by atoms with Crippen LogP contribution in [-0.4, -0.2) is 72.1 Å². The first-order valence-corrected chi connectivity index (χ1v) is 7.68. The lowest BCUT2D eigenvalue weighted by Gasteiger charge is -2.27.